The van der Waals surface area contributed by atoms with Gasteiger partial charge in [-0.3, -0.25) is 0 Å². The quantitative estimate of drug-likeness (QED) is 0.770. The molecule has 0 aliphatic heterocycles. The van der Waals surface area contributed by atoms with Crippen molar-refractivity contribution in [2.24, 2.45) is 0 Å². The van der Waals surface area contributed by atoms with Crippen LogP contribution in [0.3, 0.4) is 0 Å². The maximum atomic E-state index is 9.58. The van der Waals surface area contributed by atoms with E-state index < -0.39 is 5.60 Å². The second-order valence-corrected chi connectivity index (χ2v) is 5.30. The fourth-order valence-electron chi connectivity index (χ4n) is 1.18. The van der Waals surface area contributed by atoms with Crippen LogP contribution in [0.5, 0.6) is 0 Å². The summed E-state index contributed by atoms with van der Waals surface area (Å²) in [6.45, 7) is 3.61. The third kappa shape index (κ3) is 2.48. The third-order valence-corrected chi connectivity index (χ3v) is 3.44. The Morgan fingerprint density at radius 3 is 2.93 bits per heavy atom. The van der Waals surface area contributed by atoms with E-state index in [-0.39, 0.29) is 0 Å². The molecule has 2 rings (SSSR count). The highest BCUT2D eigenvalue weighted by Gasteiger charge is 2.26. The number of thioether (sulfide) groups is 1. The average Bonchev–Trinajstić information content (AvgIpc) is 2.81. The molecule has 5 heteroatoms. The van der Waals surface area contributed by atoms with Crippen LogP contribution in [0, 0.1) is 0 Å². The average molecular weight is 213 g/mol. The summed E-state index contributed by atoms with van der Waals surface area (Å²) in [5, 5.41) is 18.4. The van der Waals surface area contributed by atoms with Crippen LogP contribution in [0.15, 0.2) is 11.5 Å². The lowest BCUT2D eigenvalue weighted by molar-refractivity contribution is 0.107. The molecule has 78 valence electrons. The van der Waals surface area contributed by atoms with Crippen molar-refractivity contribution in [2.75, 3.05) is 5.75 Å². The summed E-state index contributed by atoms with van der Waals surface area (Å²) < 4.78 is 2.11. The maximum absolute atomic E-state index is 9.58. The summed E-state index contributed by atoms with van der Waals surface area (Å²) in [5.74, 6) is 0.651. The van der Waals surface area contributed by atoms with E-state index in [2.05, 4.69) is 14.8 Å². The Hall–Kier alpha value is -0.550. The van der Waals surface area contributed by atoms with Crippen LogP contribution in [0.2, 0.25) is 0 Å². The SMILES string of the molecule is CC(C)(O)CSc1nncn1C1CC1. The van der Waals surface area contributed by atoms with Crippen LogP contribution in [0.4, 0.5) is 0 Å². The van der Waals surface area contributed by atoms with Crippen LogP contribution < -0.4 is 0 Å². The summed E-state index contributed by atoms with van der Waals surface area (Å²) in [4.78, 5) is 0. The van der Waals surface area contributed by atoms with Gasteiger partial charge in [0.25, 0.3) is 0 Å². The van der Waals surface area contributed by atoms with Gasteiger partial charge in [-0.25, -0.2) is 0 Å². The second-order valence-electron chi connectivity index (χ2n) is 4.35. The van der Waals surface area contributed by atoms with Crippen molar-refractivity contribution in [2.45, 2.75) is 43.5 Å². The highest BCUT2D eigenvalue weighted by molar-refractivity contribution is 7.99. The van der Waals surface area contributed by atoms with Crippen molar-refractivity contribution in [3.63, 3.8) is 0 Å². The van der Waals surface area contributed by atoms with Crippen LogP contribution in [-0.2, 0) is 0 Å². The van der Waals surface area contributed by atoms with Crippen molar-refractivity contribution >= 4 is 11.8 Å². The molecule has 1 saturated carbocycles. The van der Waals surface area contributed by atoms with Gasteiger partial charge in [0, 0.05) is 11.8 Å². The molecule has 0 unspecified atom stereocenters. The summed E-state index contributed by atoms with van der Waals surface area (Å²) >= 11 is 1.57. The molecular weight excluding hydrogens is 198 g/mol. The van der Waals surface area contributed by atoms with Gasteiger partial charge in [-0.1, -0.05) is 11.8 Å². The number of aliphatic hydroxyl groups is 1. The van der Waals surface area contributed by atoms with Crippen LogP contribution in [-0.4, -0.2) is 31.2 Å². The normalized spacial score (nSPS) is 17.4. The van der Waals surface area contributed by atoms with Gasteiger partial charge in [-0.2, -0.15) is 0 Å². The van der Waals surface area contributed by atoms with E-state index in [0.29, 0.717) is 11.8 Å². The summed E-state index contributed by atoms with van der Waals surface area (Å²) in [6.07, 6.45) is 4.24. The first kappa shape index (κ1) is 9.98. The first-order valence-electron chi connectivity index (χ1n) is 4.81. The fraction of sp³-hybridized carbons (Fsp3) is 0.778. The number of hydrogen-bond donors (Lipinski definition) is 1. The van der Waals surface area contributed by atoms with Crippen LogP contribution in [0.25, 0.3) is 0 Å². The van der Waals surface area contributed by atoms with Crippen molar-refractivity contribution < 1.29 is 5.11 Å². The Bertz CT molecular complexity index is 314. The molecule has 0 atom stereocenters. The Labute approximate surface area is 87.7 Å². The van der Waals surface area contributed by atoms with Gasteiger partial charge >= 0.3 is 0 Å². The molecule has 0 spiro atoms. The van der Waals surface area contributed by atoms with Gasteiger partial charge in [0.1, 0.15) is 6.33 Å². The monoisotopic (exact) mass is 213 g/mol. The molecule has 0 bridgehead atoms. The van der Waals surface area contributed by atoms with E-state index in [4.69, 9.17) is 0 Å². The Morgan fingerprint density at radius 1 is 1.64 bits per heavy atom. The van der Waals surface area contributed by atoms with Gasteiger partial charge in [0.05, 0.1) is 5.60 Å². The topological polar surface area (TPSA) is 50.9 Å². The molecule has 1 aromatic rings. The number of hydrogen-bond acceptors (Lipinski definition) is 4. The standard InChI is InChI=1S/C9H15N3OS/c1-9(2,13)5-14-8-11-10-6-12(8)7-3-4-7/h6-7,13H,3-5H2,1-2H3. The minimum atomic E-state index is -0.648. The zero-order chi connectivity index (χ0) is 10.2. The first-order chi connectivity index (χ1) is 6.56. The van der Waals surface area contributed by atoms with Crippen LogP contribution in [0.1, 0.15) is 32.7 Å². The minimum Gasteiger partial charge on any atom is -0.390 e. The van der Waals surface area contributed by atoms with Gasteiger partial charge in [-0.05, 0) is 26.7 Å². The zero-order valence-corrected chi connectivity index (χ0v) is 9.29. The molecule has 1 N–H and O–H groups in total. The lowest BCUT2D eigenvalue weighted by Crippen LogP contribution is -2.22. The molecular formula is C9H15N3OS. The predicted octanol–water partition coefficient (Wildman–Crippen LogP) is 1.48. The smallest absolute Gasteiger partial charge is 0.191 e. The molecule has 0 radical (unpaired) electrons. The van der Waals surface area contributed by atoms with E-state index in [1.807, 2.05) is 0 Å². The van der Waals surface area contributed by atoms with E-state index in [1.165, 1.54) is 12.8 Å². The van der Waals surface area contributed by atoms with Crippen molar-refractivity contribution in [3.8, 4) is 0 Å². The molecule has 1 aliphatic carbocycles. The van der Waals surface area contributed by atoms with E-state index >= 15 is 0 Å². The lowest BCUT2D eigenvalue weighted by Gasteiger charge is -2.15. The number of nitrogens with zero attached hydrogens (tertiary/aromatic N) is 3. The van der Waals surface area contributed by atoms with Gasteiger partial charge in [0.2, 0.25) is 0 Å². The fourth-order valence-corrected chi connectivity index (χ4v) is 2.11. The van der Waals surface area contributed by atoms with Crippen LogP contribution >= 0.6 is 11.8 Å². The highest BCUT2D eigenvalue weighted by Crippen LogP contribution is 2.37. The maximum Gasteiger partial charge on any atom is 0.191 e. The largest absolute Gasteiger partial charge is 0.390 e. The first-order valence-corrected chi connectivity index (χ1v) is 5.79. The van der Waals surface area contributed by atoms with Gasteiger partial charge < -0.3 is 9.67 Å². The Kier molecular flexibility index (Phi) is 2.53. The predicted molar refractivity (Wildman–Crippen MR) is 55.3 cm³/mol. The summed E-state index contributed by atoms with van der Waals surface area (Å²) in [6, 6.07) is 0.606. The van der Waals surface area contributed by atoms with Gasteiger partial charge in [0.15, 0.2) is 5.16 Å². The zero-order valence-electron chi connectivity index (χ0n) is 8.47. The lowest BCUT2D eigenvalue weighted by atomic mass is 10.2. The van der Waals surface area contributed by atoms with Crippen molar-refractivity contribution in [1.82, 2.24) is 14.8 Å². The molecule has 0 amide bonds. The van der Waals surface area contributed by atoms with E-state index in [0.717, 1.165) is 5.16 Å². The summed E-state index contributed by atoms with van der Waals surface area (Å²) in [5.41, 5.74) is -0.648. The van der Waals surface area contributed by atoms with Crippen molar-refractivity contribution in [3.05, 3.63) is 6.33 Å². The molecule has 4 nitrogen and oxygen atoms in total. The molecule has 1 aliphatic rings. The molecule has 0 aromatic carbocycles. The number of rotatable bonds is 4. The molecule has 1 fully saturated rings. The molecule has 1 heterocycles. The molecule has 14 heavy (non-hydrogen) atoms. The Balaban J connectivity index is 1.98. The van der Waals surface area contributed by atoms with E-state index in [1.54, 1.807) is 31.9 Å². The minimum absolute atomic E-state index is 0.606. The molecule has 0 saturated heterocycles. The third-order valence-electron chi connectivity index (χ3n) is 2.03. The molecule has 1 aromatic heterocycles. The van der Waals surface area contributed by atoms with Gasteiger partial charge in [-0.15, -0.1) is 10.2 Å². The van der Waals surface area contributed by atoms with Crippen molar-refractivity contribution in [1.29, 1.82) is 0 Å². The highest BCUT2D eigenvalue weighted by atomic mass is 32.2. The Morgan fingerprint density at radius 2 is 2.36 bits per heavy atom. The van der Waals surface area contributed by atoms with E-state index in [9.17, 15) is 5.11 Å². The summed E-state index contributed by atoms with van der Waals surface area (Å²) in [7, 11) is 0. The second kappa shape index (κ2) is 3.55. The number of aromatic nitrogens is 3.